The van der Waals surface area contributed by atoms with E-state index in [-0.39, 0.29) is 6.23 Å². The number of hydrogen-bond donors (Lipinski definition) is 0. The van der Waals surface area contributed by atoms with Gasteiger partial charge in [0.15, 0.2) is 0 Å². The Morgan fingerprint density at radius 2 is 2.07 bits per heavy atom. The highest BCUT2D eigenvalue weighted by Gasteiger charge is 2.40. The predicted octanol–water partition coefficient (Wildman–Crippen LogP) is 5.69. The molecule has 0 spiro atoms. The van der Waals surface area contributed by atoms with Crippen molar-refractivity contribution in [3.63, 3.8) is 0 Å². The van der Waals surface area contributed by atoms with Gasteiger partial charge in [0.1, 0.15) is 6.23 Å². The van der Waals surface area contributed by atoms with E-state index in [9.17, 15) is 0 Å². The Bertz CT molecular complexity index is 602. The maximum Gasteiger partial charge on any atom is 0.130 e. The van der Waals surface area contributed by atoms with Crippen LogP contribution in [0.4, 0.5) is 0 Å². The summed E-state index contributed by atoms with van der Waals surface area (Å²) in [7, 11) is 0. The molecule has 0 N–H and O–H groups in total. The standard InChI is InChI=1S/C25H40N2O/c1-6-10-11-14-21(5)15-17-26-18-16-24-22(19-26)20-28-25(13-8-3)27(24)23(9-4)12-7-2/h6-7,9-12,14,22,24-25H,1,8,13,15-20H2,2-5H3/b11-10-,12-7-,21-14+,23-9+. The van der Waals surface area contributed by atoms with Crippen molar-refractivity contribution in [1.82, 2.24) is 9.80 Å². The second-order valence-corrected chi connectivity index (χ2v) is 8.00. The van der Waals surface area contributed by atoms with Gasteiger partial charge in [0, 0.05) is 37.3 Å². The van der Waals surface area contributed by atoms with Crippen LogP contribution in [0.25, 0.3) is 0 Å². The van der Waals surface area contributed by atoms with Crippen LogP contribution < -0.4 is 0 Å². The lowest BCUT2D eigenvalue weighted by Crippen LogP contribution is -2.59. The van der Waals surface area contributed by atoms with Crippen molar-refractivity contribution in [2.24, 2.45) is 5.92 Å². The van der Waals surface area contributed by atoms with E-state index >= 15 is 0 Å². The molecule has 2 aliphatic heterocycles. The molecule has 0 radical (unpaired) electrons. The lowest BCUT2D eigenvalue weighted by atomic mass is 9.88. The lowest BCUT2D eigenvalue weighted by Gasteiger charge is -2.52. The van der Waals surface area contributed by atoms with Crippen molar-refractivity contribution in [3.8, 4) is 0 Å². The third kappa shape index (κ3) is 6.22. The average molecular weight is 385 g/mol. The van der Waals surface area contributed by atoms with Crippen LogP contribution in [0.2, 0.25) is 0 Å². The number of allylic oxidation sites excluding steroid dienone is 7. The summed E-state index contributed by atoms with van der Waals surface area (Å²) in [5, 5.41) is 0. The quantitative estimate of drug-likeness (QED) is 0.475. The summed E-state index contributed by atoms with van der Waals surface area (Å²) in [6, 6.07) is 0.594. The van der Waals surface area contributed by atoms with Gasteiger partial charge in [0.2, 0.25) is 0 Å². The maximum absolute atomic E-state index is 6.36. The van der Waals surface area contributed by atoms with E-state index in [4.69, 9.17) is 4.74 Å². The molecule has 0 aromatic carbocycles. The third-order valence-electron chi connectivity index (χ3n) is 5.87. The molecule has 3 nitrogen and oxygen atoms in total. The normalized spacial score (nSPS) is 27.6. The molecule has 2 aliphatic rings. The number of likely N-dealkylation sites (tertiary alicyclic amines) is 1. The molecule has 0 aliphatic carbocycles. The summed E-state index contributed by atoms with van der Waals surface area (Å²) in [6.07, 6.45) is 19.5. The minimum atomic E-state index is 0.224. The molecule has 156 valence electrons. The third-order valence-corrected chi connectivity index (χ3v) is 5.87. The van der Waals surface area contributed by atoms with Gasteiger partial charge in [-0.1, -0.05) is 62.0 Å². The summed E-state index contributed by atoms with van der Waals surface area (Å²) in [5.41, 5.74) is 2.74. The van der Waals surface area contributed by atoms with Gasteiger partial charge in [-0.2, -0.15) is 0 Å². The molecule has 0 amide bonds. The number of hydrogen-bond acceptors (Lipinski definition) is 3. The molecule has 2 heterocycles. The number of rotatable bonds is 9. The molecule has 28 heavy (non-hydrogen) atoms. The fraction of sp³-hybridized carbons (Fsp3) is 0.600. The van der Waals surface area contributed by atoms with Crippen LogP contribution >= 0.6 is 0 Å². The molecule has 3 atom stereocenters. The second-order valence-electron chi connectivity index (χ2n) is 8.00. The van der Waals surface area contributed by atoms with Crippen LogP contribution in [0.15, 0.2) is 60.4 Å². The molecule has 0 saturated carbocycles. The van der Waals surface area contributed by atoms with Crippen molar-refractivity contribution < 1.29 is 4.74 Å². The van der Waals surface area contributed by atoms with Gasteiger partial charge in [0.05, 0.1) is 6.61 Å². The van der Waals surface area contributed by atoms with Gasteiger partial charge >= 0.3 is 0 Å². The Kier molecular flexibility index (Phi) is 9.80. The van der Waals surface area contributed by atoms with E-state index < -0.39 is 0 Å². The van der Waals surface area contributed by atoms with Crippen molar-refractivity contribution in [3.05, 3.63) is 60.4 Å². The van der Waals surface area contributed by atoms with Crippen molar-refractivity contribution in [2.45, 2.75) is 65.6 Å². The highest BCUT2D eigenvalue weighted by atomic mass is 16.5. The van der Waals surface area contributed by atoms with Gasteiger partial charge in [-0.05, 0) is 46.1 Å². The molecule has 2 saturated heterocycles. The molecule has 0 bridgehead atoms. The summed E-state index contributed by atoms with van der Waals surface area (Å²) in [5.74, 6) is 0.590. The topological polar surface area (TPSA) is 15.7 Å². The molecule has 0 aromatic heterocycles. The van der Waals surface area contributed by atoms with Gasteiger partial charge in [0.25, 0.3) is 0 Å². The SMILES string of the molecule is C=C/C=C\C=C(/C)CCN1CCC2C(COC(CCC)N2C(/C=C\C)=C/C)C1. The molecular formula is C25H40N2O. The van der Waals surface area contributed by atoms with Crippen molar-refractivity contribution >= 4 is 0 Å². The Balaban J connectivity index is 2.01. The van der Waals surface area contributed by atoms with Gasteiger partial charge < -0.3 is 14.5 Å². The van der Waals surface area contributed by atoms with Crippen LogP contribution in [0.5, 0.6) is 0 Å². The van der Waals surface area contributed by atoms with Gasteiger partial charge in [-0.3, -0.25) is 0 Å². The second kappa shape index (κ2) is 12.1. The predicted molar refractivity (Wildman–Crippen MR) is 121 cm³/mol. The number of nitrogens with zero attached hydrogens (tertiary/aromatic N) is 2. The van der Waals surface area contributed by atoms with E-state index in [0.717, 1.165) is 39.0 Å². The number of ether oxygens (including phenoxy) is 1. The molecule has 2 rings (SSSR count). The maximum atomic E-state index is 6.36. The highest BCUT2D eigenvalue weighted by Crippen LogP contribution is 2.34. The van der Waals surface area contributed by atoms with E-state index in [2.05, 4.69) is 74.5 Å². The Hall–Kier alpha value is -1.58. The largest absolute Gasteiger partial charge is 0.358 e. The van der Waals surface area contributed by atoms with Crippen molar-refractivity contribution in [1.29, 1.82) is 0 Å². The van der Waals surface area contributed by atoms with Gasteiger partial charge in [-0.25, -0.2) is 0 Å². The molecule has 2 fully saturated rings. The summed E-state index contributed by atoms with van der Waals surface area (Å²) < 4.78 is 6.36. The first-order valence-electron chi connectivity index (χ1n) is 11.0. The van der Waals surface area contributed by atoms with Crippen LogP contribution in [0.1, 0.15) is 53.4 Å². The van der Waals surface area contributed by atoms with Crippen LogP contribution in [0, 0.1) is 5.92 Å². The first-order valence-corrected chi connectivity index (χ1v) is 11.0. The zero-order valence-electron chi connectivity index (χ0n) is 18.4. The Morgan fingerprint density at radius 1 is 1.25 bits per heavy atom. The smallest absolute Gasteiger partial charge is 0.130 e. The monoisotopic (exact) mass is 384 g/mol. The van der Waals surface area contributed by atoms with Gasteiger partial charge in [-0.15, -0.1) is 0 Å². The van der Waals surface area contributed by atoms with E-state index in [1.54, 1.807) is 0 Å². The minimum absolute atomic E-state index is 0.224. The van der Waals surface area contributed by atoms with E-state index in [1.807, 2.05) is 12.2 Å². The Labute approximate surface area is 173 Å². The van der Waals surface area contributed by atoms with Crippen LogP contribution in [-0.4, -0.2) is 48.3 Å². The van der Waals surface area contributed by atoms with Crippen molar-refractivity contribution in [2.75, 3.05) is 26.2 Å². The zero-order chi connectivity index (χ0) is 20.4. The fourth-order valence-electron chi connectivity index (χ4n) is 4.40. The first-order chi connectivity index (χ1) is 13.6. The molecule has 0 aromatic rings. The lowest BCUT2D eigenvalue weighted by molar-refractivity contribution is -0.151. The summed E-state index contributed by atoms with van der Waals surface area (Å²) in [6.45, 7) is 16.8. The van der Waals surface area contributed by atoms with E-state index in [1.165, 1.54) is 24.2 Å². The first kappa shape index (κ1) is 22.7. The number of piperidine rings is 1. The zero-order valence-corrected chi connectivity index (χ0v) is 18.4. The summed E-state index contributed by atoms with van der Waals surface area (Å²) in [4.78, 5) is 5.21. The molecule has 3 heteroatoms. The minimum Gasteiger partial charge on any atom is -0.358 e. The molecule has 3 unspecified atom stereocenters. The summed E-state index contributed by atoms with van der Waals surface area (Å²) >= 11 is 0. The highest BCUT2D eigenvalue weighted by molar-refractivity contribution is 5.19. The fourth-order valence-corrected chi connectivity index (χ4v) is 4.40. The average Bonchev–Trinajstić information content (AvgIpc) is 2.71. The van der Waals surface area contributed by atoms with Crippen LogP contribution in [-0.2, 0) is 4.74 Å². The Morgan fingerprint density at radius 3 is 2.75 bits per heavy atom. The van der Waals surface area contributed by atoms with E-state index in [0.29, 0.717) is 12.0 Å². The number of fused-ring (bicyclic) bond motifs is 1. The molecular weight excluding hydrogens is 344 g/mol. The van der Waals surface area contributed by atoms with Crippen LogP contribution in [0.3, 0.4) is 0 Å².